The van der Waals surface area contributed by atoms with E-state index in [2.05, 4.69) is 56.1 Å². The van der Waals surface area contributed by atoms with Gasteiger partial charge < -0.3 is 4.98 Å². The van der Waals surface area contributed by atoms with E-state index in [1.807, 2.05) is 0 Å². The summed E-state index contributed by atoms with van der Waals surface area (Å²) in [7, 11) is -1.29. The fourth-order valence-corrected chi connectivity index (χ4v) is 7.60. The lowest BCUT2D eigenvalue weighted by Crippen LogP contribution is -2.43. The lowest BCUT2D eigenvalue weighted by molar-refractivity contribution is 0.926. The highest BCUT2D eigenvalue weighted by molar-refractivity contribution is 6.82. The maximum atomic E-state index is 3.93. The van der Waals surface area contributed by atoms with Crippen molar-refractivity contribution in [2.45, 2.75) is 58.2 Å². The molecule has 0 aliphatic carbocycles. The van der Waals surface area contributed by atoms with Gasteiger partial charge in [-0.1, -0.05) is 58.2 Å². The second kappa shape index (κ2) is 7.54. The molecule has 0 bridgehead atoms. The van der Waals surface area contributed by atoms with Gasteiger partial charge in [0, 0.05) is 5.69 Å². The number of benzene rings is 1. The van der Waals surface area contributed by atoms with Crippen LogP contribution in [0.1, 0.15) is 40.0 Å². The highest BCUT2D eigenvalue weighted by atomic mass is 28.3. The van der Waals surface area contributed by atoms with Crippen molar-refractivity contribution in [3.63, 3.8) is 0 Å². The Balaban J connectivity index is 2.80. The first kappa shape index (κ1) is 14.3. The number of nitrogens with one attached hydrogen (secondary N) is 1. The molecule has 1 rings (SSSR count). The molecule has 0 spiro atoms. The molecule has 1 nitrogen and oxygen atoms in total. The molecule has 96 valence electrons. The molecule has 0 unspecified atom stereocenters. The van der Waals surface area contributed by atoms with E-state index in [1.165, 1.54) is 43.1 Å². The number of para-hydroxylation sites is 1. The Morgan fingerprint density at radius 3 is 1.71 bits per heavy atom. The summed E-state index contributed by atoms with van der Waals surface area (Å²) >= 11 is 0. The standard InChI is InChI=1S/C15H27NSi/c1-4-12-17(13-5-2,14-6-3)16-15-10-8-7-9-11-15/h7-11,16H,4-6,12-14H2,1-3H3. The van der Waals surface area contributed by atoms with Crippen LogP contribution < -0.4 is 4.98 Å². The summed E-state index contributed by atoms with van der Waals surface area (Å²) in [5.74, 6) is 0. The van der Waals surface area contributed by atoms with Crippen molar-refractivity contribution in [1.82, 2.24) is 0 Å². The molecule has 0 aliphatic heterocycles. The van der Waals surface area contributed by atoms with Crippen LogP contribution in [-0.2, 0) is 0 Å². The van der Waals surface area contributed by atoms with Crippen molar-refractivity contribution in [2.75, 3.05) is 4.98 Å². The number of hydrogen-bond acceptors (Lipinski definition) is 1. The molecule has 0 fully saturated rings. The second-order valence-corrected chi connectivity index (χ2v) is 9.33. The molecule has 2 heteroatoms. The van der Waals surface area contributed by atoms with E-state index in [0.29, 0.717) is 0 Å². The van der Waals surface area contributed by atoms with Gasteiger partial charge in [-0.05, 0) is 30.3 Å². The lowest BCUT2D eigenvalue weighted by Gasteiger charge is -2.33. The monoisotopic (exact) mass is 249 g/mol. The Morgan fingerprint density at radius 2 is 1.29 bits per heavy atom. The van der Waals surface area contributed by atoms with Crippen LogP contribution in [0, 0.1) is 0 Å². The number of hydrogen-bond donors (Lipinski definition) is 1. The first-order valence-electron chi connectivity index (χ1n) is 7.09. The van der Waals surface area contributed by atoms with E-state index in [9.17, 15) is 0 Å². The third-order valence-electron chi connectivity index (χ3n) is 3.37. The summed E-state index contributed by atoms with van der Waals surface area (Å²) in [4.78, 5) is 3.93. The molecule has 0 amide bonds. The van der Waals surface area contributed by atoms with Crippen LogP contribution in [0.25, 0.3) is 0 Å². The molecule has 0 aliphatic rings. The van der Waals surface area contributed by atoms with Crippen LogP contribution >= 0.6 is 0 Å². The number of anilines is 1. The molecule has 0 radical (unpaired) electrons. The SMILES string of the molecule is CCC[Si](CCC)(CCC)Nc1ccccc1. The van der Waals surface area contributed by atoms with E-state index in [-0.39, 0.29) is 0 Å². The third kappa shape index (κ3) is 4.54. The average molecular weight is 249 g/mol. The number of rotatable bonds is 8. The zero-order valence-electron chi connectivity index (χ0n) is 11.6. The third-order valence-corrected chi connectivity index (χ3v) is 8.56. The minimum Gasteiger partial charge on any atom is -0.410 e. The Kier molecular flexibility index (Phi) is 6.34. The second-order valence-electron chi connectivity index (χ2n) is 5.02. The summed E-state index contributed by atoms with van der Waals surface area (Å²) in [5, 5.41) is 0. The Hall–Kier alpha value is -0.763. The molecular formula is C15H27NSi. The van der Waals surface area contributed by atoms with Crippen LogP contribution in [0.3, 0.4) is 0 Å². The summed E-state index contributed by atoms with van der Waals surface area (Å²) in [5.41, 5.74) is 1.33. The molecule has 0 heterocycles. The topological polar surface area (TPSA) is 12.0 Å². The molecule has 0 saturated carbocycles. The van der Waals surface area contributed by atoms with Gasteiger partial charge in [0.05, 0.1) is 0 Å². The van der Waals surface area contributed by atoms with Gasteiger partial charge in [0.2, 0.25) is 0 Å². The van der Waals surface area contributed by atoms with E-state index >= 15 is 0 Å². The van der Waals surface area contributed by atoms with Crippen molar-refractivity contribution in [1.29, 1.82) is 0 Å². The highest BCUT2D eigenvalue weighted by Crippen LogP contribution is 2.27. The molecule has 17 heavy (non-hydrogen) atoms. The summed E-state index contributed by atoms with van der Waals surface area (Å²) in [6.07, 6.45) is 3.93. The van der Waals surface area contributed by atoms with Crippen molar-refractivity contribution in [3.8, 4) is 0 Å². The van der Waals surface area contributed by atoms with Gasteiger partial charge in [0.1, 0.15) is 0 Å². The maximum absolute atomic E-state index is 3.93. The average Bonchev–Trinajstić information content (AvgIpc) is 2.31. The largest absolute Gasteiger partial charge is 0.410 e. The van der Waals surface area contributed by atoms with Gasteiger partial charge in [-0.2, -0.15) is 0 Å². The van der Waals surface area contributed by atoms with Crippen molar-refractivity contribution >= 4 is 13.9 Å². The molecule has 1 aromatic rings. The fourth-order valence-electron chi connectivity index (χ4n) is 2.83. The van der Waals surface area contributed by atoms with E-state index in [0.717, 1.165) is 0 Å². The Morgan fingerprint density at radius 1 is 0.824 bits per heavy atom. The molecule has 0 aromatic heterocycles. The van der Waals surface area contributed by atoms with Crippen molar-refractivity contribution in [3.05, 3.63) is 30.3 Å². The van der Waals surface area contributed by atoms with E-state index in [4.69, 9.17) is 0 Å². The summed E-state index contributed by atoms with van der Waals surface area (Å²) < 4.78 is 0. The summed E-state index contributed by atoms with van der Waals surface area (Å²) in [6, 6.07) is 15.0. The van der Waals surface area contributed by atoms with Gasteiger partial charge in [0.15, 0.2) is 8.24 Å². The molecule has 0 saturated heterocycles. The first-order chi connectivity index (χ1) is 8.26. The van der Waals surface area contributed by atoms with Crippen LogP contribution in [-0.4, -0.2) is 8.24 Å². The molecular weight excluding hydrogens is 222 g/mol. The Labute approximate surface area is 108 Å². The van der Waals surface area contributed by atoms with Gasteiger partial charge in [-0.3, -0.25) is 0 Å². The van der Waals surface area contributed by atoms with Crippen molar-refractivity contribution in [2.24, 2.45) is 0 Å². The minimum atomic E-state index is -1.29. The predicted octanol–water partition coefficient (Wildman–Crippen LogP) is 5.27. The Bertz CT molecular complexity index is 280. The van der Waals surface area contributed by atoms with Crippen LogP contribution in [0.5, 0.6) is 0 Å². The summed E-state index contributed by atoms with van der Waals surface area (Å²) in [6.45, 7) is 6.96. The van der Waals surface area contributed by atoms with Crippen LogP contribution in [0.15, 0.2) is 30.3 Å². The molecule has 0 atom stereocenters. The van der Waals surface area contributed by atoms with Crippen molar-refractivity contribution < 1.29 is 0 Å². The maximum Gasteiger partial charge on any atom is 0.153 e. The van der Waals surface area contributed by atoms with Crippen LogP contribution in [0.4, 0.5) is 5.69 Å². The molecule has 1 N–H and O–H groups in total. The van der Waals surface area contributed by atoms with E-state index in [1.54, 1.807) is 0 Å². The lowest BCUT2D eigenvalue weighted by atomic mass is 10.3. The highest BCUT2D eigenvalue weighted by Gasteiger charge is 2.30. The first-order valence-corrected chi connectivity index (χ1v) is 9.71. The van der Waals surface area contributed by atoms with Gasteiger partial charge >= 0.3 is 0 Å². The van der Waals surface area contributed by atoms with E-state index < -0.39 is 8.24 Å². The zero-order valence-corrected chi connectivity index (χ0v) is 12.6. The molecule has 1 aromatic carbocycles. The smallest absolute Gasteiger partial charge is 0.153 e. The van der Waals surface area contributed by atoms with Gasteiger partial charge in [-0.15, -0.1) is 0 Å². The minimum absolute atomic E-state index is 1.29. The van der Waals surface area contributed by atoms with Crippen LogP contribution in [0.2, 0.25) is 18.1 Å². The quantitative estimate of drug-likeness (QED) is 0.619. The normalized spacial score (nSPS) is 11.5. The van der Waals surface area contributed by atoms with Gasteiger partial charge in [0.25, 0.3) is 0 Å². The fraction of sp³-hybridized carbons (Fsp3) is 0.600. The predicted molar refractivity (Wildman–Crippen MR) is 81.1 cm³/mol. The zero-order chi connectivity index (χ0) is 12.6. The van der Waals surface area contributed by atoms with Gasteiger partial charge in [-0.25, -0.2) is 0 Å².